The number of hydrogen-bond donors (Lipinski definition) is 0. The fourth-order valence-corrected chi connectivity index (χ4v) is 8.78. The molecule has 0 unspecified atom stereocenters. The van der Waals surface area contributed by atoms with Gasteiger partial charge in [-0.3, -0.25) is 14.2 Å². The zero-order valence-electron chi connectivity index (χ0n) is 18.4. The summed E-state index contributed by atoms with van der Waals surface area (Å²) in [5.74, 6) is -0.540. The van der Waals surface area contributed by atoms with Crippen molar-refractivity contribution in [1.82, 2.24) is 0 Å². The molecule has 166 valence electrons. The van der Waals surface area contributed by atoms with Gasteiger partial charge in [0.05, 0.1) is 13.2 Å². The highest BCUT2D eigenvalue weighted by atomic mass is 31.1. The molecule has 0 fully saturated rings. The molecule has 0 aromatic rings. The highest BCUT2D eigenvalue weighted by molar-refractivity contribution is 7.33. The highest BCUT2D eigenvalue weighted by Crippen LogP contribution is 2.25. The second-order valence-corrected chi connectivity index (χ2v) is 17.6. The Morgan fingerprint density at radius 1 is 0.607 bits per heavy atom. The van der Waals surface area contributed by atoms with E-state index in [-0.39, 0.29) is 38.0 Å². The van der Waals surface area contributed by atoms with Crippen LogP contribution in [-0.4, -0.2) is 54.6 Å². The lowest BCUT2D eigenvalue weighted by Gasteiger charge is -2.27. The lowest BCUT2D eigenvalue weighted by atomic mass is 10.5. The third-order valence-electron chi connectivity index (χ3n) is 5.65. The van der Waals surface area contributed by atoms with Crippen LogP contribution in [0.3, 0.4) is 0 Å². The molecule has 0 saturated heterocycles. The summed E-state index contributed by atoms with van der Waals surface area (Å²) in [6.45, 7) is 11.8. The molecule has 0 radical (unpaired) electrons. The molecule has 0 amide bonds. The van der Waals surface area contributed by atoms with E-state index in [1.165, 1.54) is 0 Å². The van der Waals surface area contributed by atoms with Crippen LogP contribution in [0.25, 0.3) is 0 Å². The first kappa shape index (κ1) is 27.8. The van der Waals surface area contributed by atoms with Crippen molar-refractivity contribution < 1.29 is 32.1 Å². The van der Waals surface area contributed by atoms with Gasteiger partial charge in [-0.2, -0.15) is 0 Å². The van der Waals surface area contributed by atoms with E-state index < -0.39 is 24.9 Å². The molecule has 0 rings (SSSR count). The Balaban J connectivity index is 4.16. The first-order valence-corrected chi connectivity index (χ1v) is 16.6. The van der Waals surface area contributed by atoms with Gasteiger partial charge < -0.3 is 17.9 Å². The fourth-order valence-electron chi connectivity index (χ4n) is 2.98. The van der Waals surface area contributed by atoms with Crippen molar-refractivity contribution in [3.05, 3.63) is 0 Å². The van der Waals surface area contributed by atoms with Gasteiger partial charge in [0.2, 0.25) is 0 Å². The molecule has 0 aromatic carbocycles. The van der Waals surface area contributed by atoms with Gasteiger partial charge in [-0.25, -0.2) is 0 Å². The van der Waals surface area contributed by atoms with Crippen LogP contribution in [0.5, 0.6) is 0 Å². The number of ketones is 2. The van der Waals surface area contributed by atoms with Crippen LogP contribution in [-0.2, 0) is 32.1 Å². The van der Waals surface area contributed by atoms with Crippen LogP contribution in [0.1, 0.15) is 41.5 Å². The molecule has 0 aliphatic carbocycles. The van der Waals surface area contributed by atoms with Gasteiger partial charge in [-0.1, -0.05) is 41.5 Å². The topological polar surface area (TPSA) is 88.1 Å². The minimum atomic E-state index is -2.90. The summed E-state index contributed by atoms with van der Waals surface area (Å²) in [6.07, 6.45) is 0. The monoisotopic (exact) mass is 454 g/mol. The Morgan fingerprint density at radius 3 is 1.14 bits per heavy atom. The number of rotatable bonds is 18. The molecule has 0 bridgehead atoms. The van der Waals surface area contributed by atoms with Gasteiger partial charge in [0.25, 0.3) is 0 Å². The van der Waals surface area contributed by atoms with Crippen LogP contribution in [0.2, 0.25) is 36.3 Å². The van der Waals surface area contributed by atoms with E-state index in [9.17, 15) is 14.2 Å². The molecular formula is C18H39O7PSi2. The van der Waals surface area contributed by atoms with Crippen molar-refractivity contribution in [1.29, 1.82) is 0 Å². The quantitative estimate of drug-likeness (QED) is 0.221. The number of hydrogen-bond acceptors (Lipinski definition) is 7. The molecule has 0 aromatic heterocycles. The van der Waals surface area contributed by atoms with Crippen molar-refractivity contribution >= 4 is 36.5 Å². The van der Waals surface area contributed by atoms with Crippen LogP contribution in [0.4, 0.5) is 0 Å². The largest absolute Gasteiger partial charge is 0.409 e. The summed E-state index contributed by atoms with van der Waals surface area (Å²) in [4.78, 5) is 23.8. The zero-order valence-corrected chi connectivity index (χ0v) is 21.4. The Morgan fingerprint density at radius 2 is 0.893 bits per heavy atom. The van der Waals surface area contributed by atoms with Gasteiger partial charge in [0.1, 0.15) is 13.2 Å². The highest BCUT2D eigenvalue weighted by Gasteiger charge is 2.30. The molecule has 0 heterocycles. The third kappa shape index (κ3) is 10.0. The van der Waals surface area contributed by atoms with E-state index in [1.807, 2.05) is 0 Å². The van der Waals surface area contributed by atoms with E-state index in [1.54, 1.807) is 0 Å². The zero-order chi connectivity index (χ0) is 21.6. The number of Topliss-reactive ketones (excluding diaryl/α,β-unsaturated/α-hetero) is 2. The van der Waals surface area contributed by atoms with Crippen molar-refractivity contribution in [3.8, 4) is 0 Å². The standard InChI is InChI=1S/C18H39O7PSi2/c1-7-27(8-2,9-3)24-15-17(19)13-22-26(21)23-14-18(20)16-25-28(10-4,11-5)12-6/h26H,7-16H2,1-6H3. The molecule has 0 aliphatic heterocycles. The third-order valence-corrected chi connectivity index (χ3v) is 15.7. The number of carbonyl (C=O) groups is 2. The normalized spacial score (nSPS) is 12.5. The predicted molar refractivity (Wildman–Crippen MR) is 117 cm³/mol. The molecular weight excluding hydrogens is 415 g/mol. The lowest BCUT2D eigenvalue weighted by molar-refractivity contribution is -0.123. The Bertz CT molecular complexity index is 436. The molecule has 10 heteroatoms. The van der Waals surface area contributed by atoms with Gasteiger partial charge in [0, 0.05) is 0 Å². The van der Waals surface area contributed by atoms with Gasteiger partial charge in [-0.05, 0) is 36.3 Å². The molecule has 7 nitrogen and oxygen atoms in total. The van der Waals surface area contributed by atoms with Crippen molar-refractivity contribution in [2.75, 3.05) is 26.4 Å². The predicted octanol–water partition coefficient (Wildman–Crippen LogP) is 4.59. The minimum absolute atomic E-state index is 0.0264. The smallest absolute Gasteiger partial charge is 0.319 e. The van der Waals surface area contributed by atoms with E-state index in [2.05, 4.69) is 41.5 Å². The van der Waals surface area contributed by atoms with Crippen molar-refractivity contribution in [3.63, 3.8) is 0 Å². The average Bonchev–Trinajstić information content (AvgIpc) is 2.73. The SMILES string of the molecule is CC[Si](CC)(CC)OCC(=O)CO[PH](=O)OCC(=O)CO[Si](CC)(CC)CC. The summed E-state index contributed by atoms with van der Waals surface area (Å²) < 4.78 is 33.4. The maximum absolute atomic E-state index is 11.9. The maximum atomic E-state index is 11.9. The Kier molecular flexibility index (Phi) is 14.7. The van der Waals surface area contributed by atoms with Crippen molar-refractivity contribution in [2.24, 2.45) is 0 Å². The van der Waals surface area contributed by atoms with Crippen molar-refractivity contribution in [2.45, 2.75) is 77.8 Å². The Labute approximate surface area is 173 Å². The Hall–Kier alpha value is -0.156. The molecule has 0 atom stereocenters. The summed E-state index contributed by atoms with van der Waals surface area (Å²) in [5.41, 5.74) is 0. The van der Waals surface area contributed by atoms with Crippen LogP contribution < -0.4 is 0 Å². The van der Waals surface area contributed by atoms with Crippen LogP contribution in [0.15, 0.2) is 0 Å². The summed E-state index contributed by atoms with van der Waals surface area (Å²) in [7, 11) is -6.57. The van der Waals surface area contributed by atoms with Gasteiger partial charge in [0.15, 0.2) is 28.2 Å². The second-order valence-electron chi connectivity index (χ2n) is 6.97. The molecule has 0 saturated carbocycles. The number of carbonyl (C=O) groups excluding carboxylic acids is 2. The van der Waals surface area contributed by atoms with Gasteiger partial charge in [-0.15, -0.1) is 0 Å². The first-order valence-electron chi connectivity index (χ1n) is 10.4. The van der Waals surface area contributed by atoms with E-state index in [0.717, 1.165) is 36.3 Å². The molecule has 28 heavy (non-hydrogen) atoms. The van der Waals surface area contributed by atoms with Gasteiger partial charge >= 0.3 is 8.25 Å². The molecule has 0 aliphatic rings. The van der Waals surface area contributed by atoms with E-state index in [0.29, 0.717) is 0 Å². The van der Waals surface area contributed by atoms with Crippen LogP contribution >= 0.6 is 8.25 Å². The molecule has 0 spiro atoms. The maximum Gasteiger partial charge on any atom is 0.319 e. The minimum Gasteiger partial charge on any atom is -0.409 e. The molecule has 0 N–H and O–H groups in total. The van der Waals surface area contributed by atoms with E-state index in [4.69, 9.17) is 17.9 Å². The summed E-state index contributed by atoms with van der Waals surface area (Å²) >= 11 is 0. The lowest BCUT2D eigenvalue weighted by Crippen LogP contribution is -2.38. The summed E-state index contributed by atoms with van der Waals surface area (Å²) in [6, 6.07) is 5.73. The average molecular weight is 455 g/mol. The summed E-state index contributed by atoms with van der Waals surface area (Å²) in [5, 5.41) is 0. The fraction of sp³-hybridized carbons (Fsp3) is 0.889. The van der Waals surface area contributed by atoms with Crippen LogP contribution in [0, 0.1) is 0 Å². The first-order chi connectivity index (χ1) is 13.3. The van der Waals surface area contributed by atoms with E-state index >= 15 is 0 Å². The second kappa shape index (κ2) is 14.8.